The van der Waals surface area contributed by atoms with E-state index < -0.39 is 5.97 Å². The number of aromatic nitrogens is 2. The van der Waals surface area contributed by atoms with Crippen molar-refractivity contribution in [3.63, 3.8) is 0 Å². The largest absolute Gasteiger partial charge is 0.478 e. The van der Waals surface area contributed by atoms with Crippen molar-refractivity contribution in [3.8, 4) is 11.3 Å². The summed E-state index contributed by atoms with van der Waals surface area (Å²) in [4.78, 5) is 14.6. The maximum Gasteiger partial charge on any atom is 0.335 e. The van der Waals surface area contributed by atoms with Crippen molar-refractivity contribution < 1.29 is 14.4 Å². The van der Waals surface area contributed by atoms with Crippen molar-refractivity contribution in [2.24, 2.45) is 0 Å². The molecule has 0 bridgehead atoms. The number of nitrogens with zero attached hydrogens (tertiary/aromatic N) is 2. The summed E-state index contributed by atoms with van der Waals surface area (Å²) < 4.78 is 6.20. The van der Waals surface area contributed by atoms with Gasteiger partial charge in [0.25, 0.3) is 0 Å². The molecule has 1 aliphatic carbocycles. The van der Waals surface area contributed by atoms with Gasteiger partial charge in [0.2, 0.25) is 0 Å². The van der Waals surface area contributed by atoms with Gasteiger partial charge in [0.15, 0.2) is 0 Å². The number of carboxylic acid groups (broad SMARTS) is 1. The summed E-state index contributed by atoms with van der Waals surface area (Å²) in [7, 11) is 0. The zero-order valence-electron chi connectivity index (χ0n) is 14.4. The minimum atomic E-state index is -0.898. The first kappa shape index (κ1) is 18.9. The van der Waals surface area contributed by atoms with Crippen LogP contribution in [0.15, 0.2) is 52.5 Å². The molecule has 142 valence electrons. The maximum atomic E-state index is 10.6. The Kier molecular flexibility index (Phi) is 5.35. The van der Waals surface area contributed by atoms with E-state index in [1.165, 1.54) is 24.2 Å². The van der Waals surface area contributed by atoms with Gasteiger partial charge in [-0.05, 0) is 43.2 Å². The second kappa shape index (κ2) is 7.91. The summed E-state index contributed by atoms with van der Waals surface area (Å²) in [6.45, 7) is 0. The summed E-state index contributed by atoms with van der Waals surface area (Å²) in [5.41, 5.74) is 4.34. The highest BCUT2D eigenvalue weighted by atomic mass is 35.5. The molecule has 1 saturated carbocycles. The van der Waals surface area contributed by atoms with Crippen molar-refractivity contribution in [1.82, 2.24) is 10.1 Å². The van der Waals surface area contributed by atoms with E-state index in [9.17, 15) is 4.79 Å². The number of carbonyl (C=O) groups is 1. The van der Waals surface area contributed by atoms with Crippen molar-refractivity contribution in [1.29, 1.82) is 0 Å². The molecular formula is C20H14Cl2N2O3S. The summed E-state index contributed by atoms with van der Waals surface area (Å²) >= 11 is 13.6. The van der Waals surface area contributed by atoms with Gasteiger partial charge >= 0.3 is 5.97 Å². The Hall–Kier alpha value is -2.41. The predicted molar refractivity (Wildman–Crippen MR) is 111 cm³/mol. The molecule has 2 heterocycles. The third kappa shape index (κ3) is 4.04. The number of halogens is 2. The van der Waals surface area contributed by atoms with Crippen molar-refractivity contribution in [2.75, 3.05) is 0 Å². The molecule has 4 aromatic rings. The average molecular weight is 433 g/mol. The van der Waals surface area contributed by atoms with Crippen LogP contribution in [0.1, 0.15) is 34.9 Å². The first-order valence-corrected chi connectivity index (χ1v) is 10.1. The fourth-order valence-corrected chi connectivity index (χ4v) is 4.01. The van der Waals surface area contributed by atoms with Crippen molar-refractivity contribution in [3.05, 3.63) is 69.3 Å². The Labute approximate surface area is 174 Å². The van der Waals surface area contributed by atoms with Gasteiger partial charge in [-0.15, -0.1) is 11.3 Å². The number of rotatable bonds is 3. The molecule has 8 heteroatoms. The third-order valence-electron chi connectivity index (χ3n) is 4.31. The smallest absolute Gasteiger partial charge is 0.335 e. The molecule has 0 aliphatic heterocycles. The number of benzene rings is 2. The van der Waals surface area contributed by atoms with Crippen LogP contribution in [-0.2, 0) is 0 Å². The van der Waals surface area contributed by atoms with E-state index in [0.717, 1.165) is 27.2 Å². The Bertz CT molecular complexity index is 1130. The highest BCUT2D eigenvalue weighted by Crippen LogP contribution is 2.42. The van der Waals surface area contributed by atoms with Crippen LogP contribution in [0.25, 0.3) is 21.5 Å². The molecule has 2 aromatic carbocycles. The molecule has 0 saturated heterocycles. The van der Waals surface area contributed by atoms with Crippen molar-refractivity contribution in [2.45, 2.75) is 18.8 Å². The molecule has 2 aromatic heterocycles. The van der Waals surface area contributed by atoms with Crippen LogP contribution in [0.5, 0.6) is 0 Å². The van der Waals surface area contributed by atoms with Gasteiger partial charge in [-0.3, -0.25) is 0 Å². The molecule has 0 unspecified atom stereocenters. The lowest BCUT2D eigenvalue weighted by atomic mass is 10.1. The van der Waals surface area contributed by atoms with Crippen molar-refractivity contribution >= 4 is 50.7 Å². The first-order valence-electron chi connectivity index (χ1n) is 8.50. The fourth-order valence-electron chi connectivity index (χ4n) is 2.70. The summed E-state index contributed by atoms with van der Waals surface area (Å²) in [5.74, 6) is 0.582. The van der Waals surface area contributed by atoms with Crippen LogP contribution in [0.4, 0.5) is 0 Å². The second-order valence-corrected chi connectivity index (χ2v) is 8.03. The van der Waals surface area contributed by atoms with Gasteiger partial charge in [0, 0.05) is 17.5 Å². The monoisotopic (exact) mass is 432 g/mol. The molecule has 0 spiro atoms. The van der Waals surface area contributed by atoms with Gasteiger partial charge in [-0.1, -0.05) is 34.4 Å². The van der Waals surface area contributed by atoms with E-state index in [2.05, 4.69) is 10.1 Å². The van der Waals surface area contributed by atoms with Gasteiger partial charge in [0.05, 0.1) is 31.3 Å². The van der Waals surface area contributed by atoms with E-state index >= 15 is 0 Å². The quantitative estimate of drug-likeness (QED) is 0.398. The highest BCUT2D eigenvalue weighted by Gasteiger charge is 2.28. The zero-order chi connectivity index (χ0) is 19.7. The number of hydrogen-bond donors (Lipinski definition) is 1. The van der Waals surface area contributed by atoms with Gasteiger partial charge in [0.1, 0.15) is 11.5 Å². The van der Waals surface area contributed by atoms with Crippen LogP contribution in [0.2, 0.25) is 10.0 Å². The molecule has 1 aliphatic rings. The van der Waals surface area contributed by atoms with Crippen LogP contribution >= 0.6 is 34.5 Å². The molecule has 0 amide bonds. The fraction of sp³-hybridized carbons (Fsp3) is 0.150. The van der Waals surface area contributed by atoms with E-state index in [-0.39, 0.29) is 0 Å². The van der Waals surface area contributed by atoms with Gasteiger partial charge in [-0.2, -0.15) is 0 Å². The number of thiazole rings is 1. The lowest BCUT2D eigenvalue weighted by Gasteiger charge is -2.01. The Morgan fingerprint density at radius 1 is 1.14 bits per heavy atom. The molecule has 1 N–H and O–H groups in total. The van der Waals surface area contributed by atoms with Gasteiger partial charge in [-0.25, -0.2) is 9.78 Å². The Balaban J connectivity index is 0.000000143. The SMILES string of the molecule is Clc1cccc(Cl)c1-c1cc(C2CC2)on1.O=C(O)c1ccc2ncsc2c1. The highest BCUT2D eigenvalue weighted by molar-refractivity contribution is 7.16. The molecule has 1 fully saturated rings. The van der Waals surface area contributed by atoms with Gasteiger partial charge < -0.3 is 9.63 Å². The molecule has 5 nitrogen and oxygen atoms in total. The second-order valence-electron chi connectivity index (χ2n) is 6.33. The lowest BCUT2D eigenvalue weighted by molar-refractivity contribution is 0.0697. The standard InChI is InChI=1S/C12H9Cl2NO.C8H5NO2S/c13-8-2-1-3-9(14)12(8)10-6-11(16-15-10)7-4-5-7;10-8(11)5-1-2-6-7(3-5)12-4-9-6/h1-3,6-7H,4-5H2;1-4H,(H,10,11). The summed E-state index contributed by atoms with van der Waals surface area (Å²) in [5, 5.41) is 13.9. The van der Waals surface area contributed by atoms with E-state index in [4.69, 9.17) is 32.8 Å². The van der Waals surface area contributed by atoms with Crippen LogP contribution in [-0.4, -0.2) is 21.2 Å². The number of fused-ring (bicyclic) bond motifs is 1. The normalized spacial score (nSPS) is 13.2. The Morgan fingerprint density at radius 3 is 2.57 bits per heavy atom. The molecular weight excluding hydrogens is 419 g/mol. The minimum absolute atomic E-state index is 0.312. The summed E-state index contributed by atoms with van der Waals surface area (Å²) in [6, 6.07) is 12.3. The molecule has 28 heavy (non-hydrogen) atoms. The number of carboxylic acids is 1. The molecule has 0 atom stereocenters. The van der Waals surface area contributed by atoms with E-state index in [1.54, 1.807) is 35.8 Å². The van der Waals surface area contributed by atoms with Crippen LogP contribution in [0.3, 0.4) is 0 Å². The third-order valence-corrected chi connectivity index (χ3v) is 5.73. The maximum absolute atomic E-state index is 10.6. The minimum Gasteiger partial charge on any atom is -0.478 e. The van der Waals surface area contributed by atoms with Crippen LogP contribution in [0, 0.1) is 0 Å². The Morgan fingerprint density at radius 2 is 1.89 bits per heavy atom. The van der Waals surface area contributed by atoms with E-state index in [1.807, 2.05) is 12.1 Å². The molecule has 0 radical (unpaired) electrons. The predicted octanol–water partition coefficient (Wildman–Crippen LogP) is 6.52. The van der Waals surface area contributed by atoms with Crippen LogP contribution < -0.4 is 0 Å². The molecule has 5 rings (SSSR count). The van der Waals surface area contributed by atoms with E-state index in [0.29, 0.717) is 21.5 Å². The summed E-state index contributed by atoms with van der Waals surface area (Å²) in [6.07, 6.45) is 2.37. The number of hydrogen-bond acceptors (Lipinski definition) is 5. The average Bonchev–Trinajstić information content (AvgIpc) is 3.22. The lowest BCUT2D eigenvalue weighted by Crippen LogP contribution is -1.94. The zero-order valence-corrected chi connectivity index (χ0v) is 16.8. The first-order chi connectivity index (χ1) is 13.5. The topological polar surface area (TPSA) is 76.2 Å². The number of aromatic carboxylic acids is 1.